The number of aryl methyl sites for hydroxylation is 1. The molecule has 0 bridgehead atoms. The lowest BCUT2D eigenvalue weighted by Crippen LogP contribution is -2.46. The van der Waals surface area contributed by atoms with E-state index in [1.165, 1.54) is 0 Å². The molecule has 7 heteroatoms. The lowest BCUT2D eigenvalue weighted by atomic mass is 9.95. The van der Waals surface area contributed by atoms with Crippen LogP contribution in [0.1, 0.15) is 24.1 Å². The molecule has 27 heavy (non-hydrogen) atoms. The zero-order valence-corrected chi connectivity index (χ0v) is 15.8. The van der Waals surface area contributed by atoms with Crippen molar-refractivity contribution in [2.75, 3.05) is 39.4 Å². The zero-order valence-electron chi connectivity index (χ0n) is 15.8. The molecular formula is C20H26N4O3. The van der Waals surface area contributed by atoms with Crippen LogP contribution in [0.5, 0.6) is 0 Å². The van der Waals surface area contributed by atoms with Crippen LogP contribution in [0.4, 0.5) is 0 Å². The monoisotopic (exact) mass is 370 g/mol. The Balaban J connectivity index is 1.39. The van der Waals surface area contributed by atoms with Gasteiger partial charge in [0.15, 0.2) is 0 Å². The number of likely N-dealkylation sites (tertiary alicyclic amines) is 1. The SMILES string of the molecule is Cc1cccn2c(=O)cc(CN3CCC(C(=O)N4CCOCC4)CC3)nc12. The van der Waals surface area contributed by atoms with Gasteiger partial charge in [-0.25, -0.2) is 4.98 Å². The average Bonchev–Trinajstić information content (AvgIpc) is 2.70. The Kier molecular flexibility index (Phi) is 5.22. The zero-order chi connectivity index (χ0) is 18.8. The summed E-state index contributed by atoms with van der Waals surface area (Å²) in [6.07, 6.45) is 3.48. The van der Waals surface area contributed by atoms with Crippen LogP contribution in [0.3, 0.4) is 0 Å². The molecule has 4 heterocycles. The summed E-state index contributed by atoms with van der Waals surface area (Å²) in [6, 6.07) is 5.45. The number of pyridine rings is 1. The summed E-state index contributed by atoms with van der Waals surface area (Å²) in [5.74, 6) is 0.382. The Bertz CT molecular complexity index is 880. The fourth-order valence-corrected chi connectivity index (χ4v) is 4.00. The Labute approximate surface area is 158 Å². The maximum Gasteiger partial charge on any atom is 0.258 e. The van der Waals surface area contributed by atoms with Crippen LogP contribution in [0, 0.1) is 12.8 Å². The molecule has 0 unspecified atom stereocenters. The summed E-state index contributed by atoms with van der Waals surface area (Å²) in [4.78, 5) is 33.9. The summed E-state index contributed by atoms with van der Waals surface area (Å²) in [7, 11) is 0. The molecule has 7 nitrogen and oxygen atoms in total. The summed E-state index contributed by atoms with van der Waals surface area (Å²) >= 11 is 0. The molecule has 4 rings (SSSR count). The van der Waals surface area contributed by atoms with Gasteiger partial charge in [0, 0.05) is 37.8 Å². The second-order valence-corrected chi connectivity index (χ2v) is 7.46. The normalized spacial score (nSPS) is 19.5. The Hall–Kier alpha value is -2.25. The van der Waals surface area contributed by atoms with Crippen LogP contribution >= 0.6 is 0 Å². The van der Waals surface area contributed by atoms with Gasteiger partial charge in [0.25, 0.3) is 5.56 Å². The van der Waals surface area contributed by atoms with Gasteiger partial charge in [0.05, 0.1) is 18.9 Å². The van der Waals surface area contributed by atoms with E-state index in [-0.39, 0.29) is 17.4 Å². The van der Waals surface area contributed by atoms with Gasteiger partial charge in [-0.05, 0) is 44.5 Å². The smallest absolute Gasteiger partial charge is 0.258 e. The van der Waals surface area contributed by atoms with Crippen molar-refractivity contribution in [1.29, 1.82) is 0 Å². The van der Waals surface area contributed by atoms with E-state index in [1.807, 2.05) is 24.0 Å². The number of fused-ring (bicyclic) bond motifs is 1. The maximum atomic E-state index is 12.6. The van der Waals surface area contributed by atoms with Crippen LogP contribution < -0.4 is 5.56 Å². The largest absolute Gasteiger partial charge is 0.378 e. The van der Waals surface area contributed by atoms with Gasteiger partial charge in [0.1, 0.15) is 5.65 Å². The molecule has 2 saturated heterocycles. The summed E-state index contributed by atoms with van der Waals surface area (Å²) in [6.45, 7) is 7.05. The van der Waals surface area contributed by atoms with Gasteiger partial charge in [-0.2, -0.15) is 0 Å². The number of aromatic nitrogens is 2. The number of morpholine rings is 1. The fourth-order valence-electron chi connectivity index (χ4n) is 4.00. The molecule has 0 radical (unpaired) electrons. The number of hydrogen-bond acceptors (Lipinski definition) is 5. The van der Waals surface area contributed by atoms with Crippen LogP contribution in [0.15, 0.2) is 29.2 Å². The summed E-state index contributed by atoms with van der Waals surface area (Å²) in [5, 5.41) is 0. The van der Waals surface area contributed by atoms with Crippen LogP contribution in [-0.2, 0) is 16.1 Å². The third-order valence-corrected chi connectivity index (χ3v) is 5.58. The molecule has 2 aliphatic heterocycles. The van der Waals surface area contributed by atoms with Crippen molar-refractivity contribution >= 4 is 11.6 Å². The lowest BCUT2D eigenvalue weighted by molar-refractivity contribution is -0.141. The molecule has 2 fully saturated rings. The Morgan fingerprint density at radius 1 is 1.22 bits per heavy atom. The molecule has 1 amide bonds. The molecule has 2 aromatic rings. The number of piperidine rings is 1. The minimum atomic E-state index is -0.0453. The van der Waals surface area contributed by atoms with Gasteiger partial charge >= 0.3 is 0 Å². The van der Waals surface area contributed by atoms with E-state index in [1.54, 1.807) is 16.7 Å². The highest BCUT2D eigenvalue weighted by Crippen LogP contribution is 2.21. The highest BCUT2D eigenvalue weighted by atomic mass is 16.5. The van der Waals surface area contributed by atoms with E-state index in [4.69, 9.17) is 4.74 Å². The Morgan fingerprint density at radius 2 is 1.96 bits per heavy atom. The van der Waals surface area contributed by atoms with E-state index < -0.39 is 0 Å². The lowest BCUT2D eigenvalue weighted by Gasteiger charge is -2.35. The highest BCUT2D eigenvalue weighted by molar-refractivity contribution is 5.79. The summed E-state index contributed by atoms with van der Waals surface area (Å²) in [5.41, 5.74) is 2.46. The first-order valence-corrected chi connectivity index (χ1v) is 9.68. The third-order valence-electron chi connectivity index (χ3n) is 5.58. The quantitative estimate of drug-likeness (QED) is 0.809. The fraction of sp³-hybridized carbons (Fsp3) is 0.550. The first kappa shape index (κ1) is 18.1. The molecule has 2 aliphatic rings. The number of carbonyl (C=O) groups is 1. The van der Waals surface area contributed by atoms with Crippen molar-refractivity contribution in [2.24, 2.45) is 5.92 Å². The average molecular weight is 370 g/mol. The molecule has 0 saturated carbocycles. The predicted octanol–water partition coefficient (Wildman–Crippen LogP) is 1.07. The van der Waals surface area contributed by atoms with Gasteiger partial charge in [-0.3, -0.25) is 18.9 Å². The molecule has 0 atom stereocenters. The number of amides is 1. The molecule has 0 spiro atoms. The molecule has 0 aliphatic carbocycles. The standard InChI is InChI=1S/C20H26N4O3/c1-15-3-2-6-24-18(25)13-17(21-19(15)24)14-22-7-4-16(5-8-22)20(26)23-9-11-27-12-10-23/h2-3,6,13,16H,4-5,7-12,14H2,1H3. The van der Waals surface area contributed by atoms with E-state index in [2.05, 4.69) is 9.88 Å². The maximum absolute atomic E-state index is 12.6. The van der Waals surface area contributed by atoms with Crippen molar-refractivity contribution < 1.29 is 9.53 Å². The van der Waals surface area contributed by atoms with Crippen molar-refractivity contribution in [2.45, 2.75) is 26.3 Å². The van der Waals surface area contributed by atoms with E-state index in [9.17, 15) is 9.59 Å². The molecule has 2 aromatic heterocycles. The van der Waals surface area contributed by atoms with E-state index in [0.29, 0.717) is 32.8 Å². The van der Waals surface area contributed by atoms with E-state index >= 15 is 0 Å². The minimum absolute atomic E-state index is 0.0453. The van der Waals surface area contributed by atoms with Gasteiger partial charge in [-0.1, -0.05) is 6.07 Å². The second-order valence-electron chi connectivity index (χ2n) is 7.46. The van der Waals surface area contributed by atoms with Gasteiger partial charge in [-0.15, -0.1) is 0 Å². The predicted molar refractivity (Wildman–Crippen MR) is 102 cm³/mol. The minimum Gasteiger partial charge on any atom is -0.378 e. The molecule has 0 aromatic carbocycles. The van der Waals surface area contributed by atoms with Crippen molar-refractivity contribution in [3.05, 3.63) is 46.0 Å². The second kappa shape index (κ2) is 7.78. The van der Waals surface area contributed by atoms with Gasteiger partial charge < -0.3 is 9.64 Å². The molecule has 0 N–H and O–H groups in total. The molecule has 144 valence electrons. The van der Waals surface area contributed by atoms with Gasteiger partial charge in [0.2, 0.25) is 5.91 Å². The molecular weight excluding hydrogens is 344 g/mol. The topological polar surface area (TPSA) is 67.2 Å². The number of ether oxygens (including phenoxy) is 1. The first-order chi connectivity index (χ1) is 13.1. The number of rotatable bonds is 3. The van der Waals surface area contributed by atoms with Crippen molar-refractivity contribution in [1.82, 2.24) is 19.2 Å². The summed E-state index contributed by atoms with van der Waals surface area (Å²) < 4.78 is 6.92. The van der Waals surface area contributed by atoms with Crippen LogP contribution in [0.2, 0.25) is 0 Å². The number of nitrogens with zero attached hydrogens (tertiary/aromatic N) is 4. The van der Waals surface area contributed by atoms with Crippen molar-refractivity contribution in [3.63, 3.8) is 0 Å². The number of hydrogen-bond donors (Lipinski definition) is 0. The van der Waals surface area contributed by atoms with Crippen LogP contribution in [-0.4, -0.2) is 64.5 Å². The first-order valence-electron chi connectivity index (χ1n) is 9.68. The third kappa shape index (κ3) is 3.89. The van der Waals surface area contributed by atoms with E-state index in [0.717, 1.165) is 42.8 Å². The highest BCUT2D eigenvalue weighted by Gasteiger charge is 2.29. The number of carbonyl (C=O) groups excluding carboxylic acids is 1. The van der Waals surface area contributed by atoms with Crippen LogP contribution in [0.25, 0.3) is 5.65 Å². The van der Waals surface area contributed by atoms with Crippen molar-refractivity contribution in [3.8, 4) is 0 Å². The Morgan fingerprint density at radius 3 is 2.70 bits per heavy atom.